The summed E-state index contributed by atoms with van der Waals surface area (Å²) in [7, 11) is 3.44. The maximum Gasteiger partial charge on any atom is 0.245 e. The van der Waals surface area contributed by atoms with E-state index in [1.807, 2.05) is 0 Å². The molecule has 0 aliphatic heterocycles. The summed E-state index contributed by atoms with van der Waals surface area (Å²) in [6, 6.07) is -1.75. The zero-order valence-electron chi connectivity index (χ0n) is 13.7. The van der Waals surface area contributed by atoms with Gasteiger partial charge in [-0.3, -0.25) is 14.4 Å². The fourth-order valence-electron chi connectivity index (χ4n) is 1.75. The molecule has 7 nitrogen and oxygen atoms in total. The molecule has 0 heterocycles. The highest BCUT2D eigenvalue weighted by Gasteiger charge is 2.29. The van der Waals surface area contributed by atoms with Crippen LogP contribution in [0.25, 0.3) is 0 Å². The van der Waals surface area contributed by atoms with Crippen LogP contribution in [0.2, 0.25) is 0 Å². The molecule has 0 saturated heterocycles. The normalized spacial score (nSPS) is 14.5. The van der Waals surface area contributed by atoms with Crippen LogP contribution in [-0.4, -0.2) is 66.9 Å². The van der Waals surface area contributed by atoms with Gasteiger partial charge in [-0.2, -0.15) is 0 Å². The molecule has 0 fully saturated rings. The van der Waals surface area contributed by atoms with E-state index in [2.05, 4.69) is 10.6 Å². The highest BCUT2D eigenvalue weighted by atomic mass is 16.3. The summed E-state index contributed by atoms with van der Waals surface area (Å²) >= 11 is 0. The molecule has 0 aromatic heterocycles. The van der Waals surface area contributed by atoms with Gasteiger partial charge in [-0.15, -0.1) is 0 Å². The molecule has 3 N–H and O–H groups in total. The van der Waals surface area contributed by atoms with Gasteiger partial charge in [0.05, 0.1) is 19.2 Å². The lowest BCUT2D eigenvalue weighted by Gasteiger charge is -2.24. The fraction of sp³-hybridized carbons (Fsp3) is 0.786. The molecule has 0 aromatic carbocycles. The molecule has 122 valence electrons. The molecular weight excluding hydrogens is 274 g/mol. The van der Waals surface area contributed by atoms with Gasteiger partial charge in [0.1, 0.15) is 6.04 Å². The van der Waals surface area contributed by atoms with Crippen LogP contribution in [0.1, 0.15) is 27.7 Å². The maximum absolute atomic E-state index is 12.0. The Hall–Kier alpha value is -1.47. The minimum absolute atomic E-state index is 0.111. The van der Waals surface area contributed by atoms with Crippen molar-refractivity contribution in [1.29, 1.82) is 0 Å². The van der Waals surface area contributed by atoms with Crippen LogP contribution in [0.5, 0.6) is 0 Å². The van der Waals surface area contributed by atoms with E-state index in [9.17, 15) is 19.5 Å². The molecule has 7 heteroatoms. The summed E-state index contributed by atoms with van der Waals surface area (Å²) < 4.78 is 0. The first-order valence-corrected chi connectivity index (χ1v) is 6.88. The number of aliphatic hydroxyl groups is 1. The number of Topliss-reactive ketones (excluding diaryl/α,β-unsaturated/α-hetero) is 1. The summed E-state index contributed by atoms with van der Waals surface area (Å²) in [6.07, 6.45) is 0. The van der Waals surface area contributed by atoms with Crippen molar-refractivity contribution in [1.82, 2.24) is 15.5 Å². The summed E-state index contributed by atoms with van der Waals surface area (Å²) in [5.74, 6) is -1.06. The van der Waals surface area contributed by atoms with Crippen molar-refractivity contribution in [3.8, 4) is 0 Å². The van der Waals surface area contributed by atoms with Crippen LogP contribution < -0.4 is 10.6 Å². The Labute approximate surface area is 126 Å². The quantitative estimate of drug-likeness (QED) is 0.569. The molecule has 0 aromatic rings. The number of carbonyl (C=O) groups is 3. The molecule has 2 amide bonds. The van der Waals surface area contributed by atoms with E-state index in [0.717, 1.165) is 0 Å². The molecule has 0 spiro atoms. The van der Waals surface area contributed by atoms with Crippen LogP contribution in [0, 0.1) is 5.41 Å². The number of hydrogen-bond acceptors (Lipinski definition) is 5. The second-order valence-electron chi connectivity index (χ2n) is 6.38. The van der Waals surface area contributed by atoms with Crippen LogP contribution in [-0.2, 0) is 14.4 Å². The van der Waals surface area contributed by atoms with E-state index in [1.54, 1.807) is 46.7 Å². The predicted octanol–water partition coefficient (Wildman–Crippen LogP) is -0.855. The second kappa shape index (κ2) is 8.09. The Bertz CT molecular complexity index is 388. The van der Waals surface area contributed by atoms with Gasteiger partial charge < -0.3 is 20.6 Å². The molecule has 0 radical (unpaired) electrons. The van der Waals surface area contributed by atoms with Crippen LogP contribution >= 0.6 is 0 Å². The predicted molar refractivity (Wildman–Crippen MR) is 79.6 cm³/mol. The number of amides is 2. The van der Waals surface area contributed by atoms with Gasteiger partial charge >= 0.3 is 0 Å². The van der Waals surface area contributed by atoms with Gasteiger partial charge in [0, 0.05) is 5.41 Å². The Morgan fingerprint density at radius 1 is 1.14 bits per heavy atom. The number of likely N-dealkylation sites (N-methyl/N-ethyl adjacent to an activating group) is 1. The van der Waals surface area contributed by atoms with E-state index in [4.69, 9.17) is 0 Å². The van der Waals surface area contributed by atoms with Crippen molar-refractivity contribution < 1.29 is 19.5 Å². The highest BCUT2D eigenvalue weighted by Crippen LogP contribution is 2.16. The monoisotopic (exact) mass is 301 g/mol. The van der Waals surface area contributed by atoms with Gasteiger partial charge in [0.15, 0.2) is 5.78 Å². The summed E-state index contributed by atoms with van der Waals surface area (Å²) in [4.78, 5) is 37.2. The van der Waals surface area contributed by atoms with Crippen LogP contribution in [0.3, 0.4) is 0 Å². The number of nitrogens with one attached hydrogen (secondary N) is 2. The molecule has 21 heavy (non-hydrogen) atoms. The second-order valence-corrected chi connectivity index (χ2v) is 6.38. The van der Waals surface area contributed by atoms with Gasteiger partial charge in [-0.1, -0.05) is 20.8 Å². The number of hydrogen-bond donors (Lipinski definition) is 3. The molecule has 0 rings (SSSR count). The number of aliphatic hydroxyl groups excluding tert-OH is 1. The number of rotatable bonds is 7. The van der Waals surface area contributed by atoms with Crippen molar-refractivity contribution in [3.05, 3.63) is 0 Å². The topological polar surface area (TPSA) is 98.7 Å². The molecule has 2 atom stereocenters. The third-order valence-corrected chi connectivity index (χ3v) is 2.79. The van der Waals surface area contributed by atoms with Crippen molar-refractivity contribution in [2.45, 2.75) is 39.8 Å². The Balaban J connectivity index is 4.60. The smallest absolute Gasteiger partial charge is 0.245 e. The van der Waals surface area contributed by atoms with Crippen molar-refractivity contribution in [3.63, 3.8) is 0 Å². The lowest BCUT2D eigenvalue weighted by Crippen LogP contribution is -2.54. The number of nitrogens with zero attached hydrogens (tertiary/aromatic N) is 1. The van der Waals surface area contributed by atoms with E-state index in [-0.39, 0.29) is 18.2 Å². The highest BCUT2D eigenvalue weighted by molar-refractivity contribution is 5.94. The van der Waals surface area contributed by atoms with Crippen LogP contribution in [0.15, 0.2) is 0 Å². The zero-order chi connectivity index (χ0) is 16.8. The number of carbonyl (C=O) groups excluding carboxylic acids is 3. The number of ketones is 1. The SMILES string of the molecule is C[C@H](NC(=O)[C@H](CO)NC(=O)CN(C)C)C(=O)C(C)(C)C. The van der Waals surface area contributed by atoms with E-state index >= 15 is 0 Å². The lowest BCUT2D eigenvalue weighted by molar-refractivity contribution is -0.134. The third-order valence-electron chi connectivity index (χ3n) is 2.79. The fourth-order valence-corrected chi connectivity index (χ4v) is 1.75. The molecular formula is C14H27N3O4. The van der Waals surface area contributed by atoms with Crippen molar-refractivity contribution in [2.24, 2.45) is 5.41 Å². The first-order valence-electron chi connectivity index (χ1n) is 6.88. The van der Waals surface area contributed by atoms with Gasteiger partial charge in [-0.05, 0) is 21.0 Å². The Kier molecular flexibility index (Phi) is 7.52. The maximum atomic E-state index is 12.0. The van der Waals surface area contributed by atoms with Crippen molar-refractivity contribution in [2.75, 3.05) is 27.2 Å². The van der Waals surface area contributed by atoms with Gasteiger partial charge in [0.25, 0.3) is 0 Å². The zero-order valence-corrected chi connectivity index (χ0v) is 13.7. The molecule has 0 unspecified atom stereocenters. The minimum Gasteiger partial charge on any atom is -0.394 e. The van der Waals surface area contributed by atoms with Crippen LogP contribution in [0.4, 0.5) is 0 Å². The lowest BCUT2D eigenvalue weighted by atomic mass is 9.87. The average Bonchev–Trinajstić information content (AvgIpc) is 2.32. The average molecular weight is 301 g/mol. The Morgan fingerprint density at radius 3 is 2.05 bits per heavy atom. The molecule has 0 saturated carbocycles. The van der Waals surface area contributed by atoms with E-state index in [1.165, 1.54) is 0 Å². The summed E-state index contributed by atoms with van der Waals surface area (Å²) in [5, 5.41) is 14.2. The van der Waals surface area contributed by atoms with Gasteiger partial charge in [-0.25, -0.2) is 0 Å². The summed E-state index contributed by atoms with van der Waals surface area (Å²) in [6.45, 7) is 6.46. The molecule has 0 aliphatic carbocycles. The first kappa shape index (κ1) is 19.5. The largest absolute Gasteiger partial charge is 0.394 e. The minimum atomic E-state index is -1.06. The molecule has 0 bridgehead atoms. The van der Waals surface area contributed by atoms with Gasteiger partial charge in [0.2, 0.25) is 11.8 Å². The third kappa shape index (κ3) is 7.19. The van der Waals surface area contributed by atoms with Crippen molar-refractivity contribution >= 4 is 17.6 Å². The summed E-state index contributed by atoms with van der Waals surface area (Å²) in [5.41, 5.74) is -0.574. The molecule has 0 aliphatic rings. The standard InChI is InChI=1S/C14H27N3O4/c1-9(12(20)14(2,3)4)15-13(21)10(8-18)16-11(19)7-17(5)6/h9-10,18H,7-8H2,1-6H3,(H,15,21)(H,16,19)/t9-,10-/m0/s1. The van der Waals surface area contributed by atoms with E-state index < -0.39 is 30.0 Å². The Morgan fingerprint density at radius 2 is 1.67 bits per heavy atom. The first-order chi connectivity index (χ1) is 9.48. The van der Waals surface area contributed by atoms with E-state index in [0.29, 0.717) is 0 Å².